The van der Waals surface area contributed by atoms with Gasteiger partial charge in [-0.1, -0.05) is 30.7 Å². The molecule has 0 bridgehead atoms. The molecule has 1 fully saturated rings. The van der Waals surface area contributed by atoms with Crippen molar-refractivity contribution in [2.75, 3.05) is 44.2 Å². The number of hydrogen-bond acceptors (Lipinski definition) is 6. The van der Waals surface area contributed by atoms with Crippen LogP contribution in [0.25, 0.3) is 0 Å². The van der Waals surface area contributed by atoms with E-state index in [0.29, 0.717) is 11.8 Å². The van der Waals surface area contributed by atoms with Gasteiger partial charge in [0, 0.05) is 61.3 Å². The number of piperazine rings is 1. The average molecular weight is 458 g/mol. The zero-order valence-corrected chi connectivity index (χ0v) is 20.4. The van der Waals surface area contributed by atoms with Gasteiger partial charge < -0.3 is 15.3 Å². The van der Waals surface area contributed by atoms with Gasteiger partial charge in [0.15, 0.2) is 0 Å². The summed E-state index contributed by atoms with van der Waals surface area (Å²) in [7, 11) is 0. The summed E-state index contributed by atoms with van der Waals surface area (Å²) < 4.78 is 0. The predicted octanol–water partition coefficient (Wildman–Crippen LogP) is 3.96. The predicted molar refractivity (Wildman–Crippen MR) is 131 cm³/mol. The average Bonchev–Trinajstić information content (AvgIpc) is 3.05. The van der Waals surface area contributed by atoms with Crippen LogP contribution in [0.15, 0.2) is 30.6 Å². The lowest BCUT2D eigenvalue weighted by atomic mass is 9.96. The number of aliphatic hydroxyl groups excluding tert-OH is 1. The van der Waals surface area contributed by atoms with E-state index in [1.807, 2.05) is 12.1 Å². The fourth-order valence-corrected chi connectivity index (χ4v) is 4.99. The quantitative estimate of drug-likeness (QED) is 0.684. The standard InChI is InChI=1S/C25H36ClN5O/c1-17-13-21(32)23-22(17)24(28-16-27-23)31-11-9-30(10-12-31)15-19(14-29-25(2,3)4)18-5-7-20(26)8-6-18/h5-8,16-17,19,21,29,32H,9-15H2,1-4H3/t17-,19?,21-/m1/s1. The molecule has 1 aromatic heterocycles. The van der Waals surface area contributed by atoms with Crippen LogP contribution < -0.4 is 10.2 Å². The minimum Gasteiger partial charge on any atom is -0.387 e. The summed E-state index contributed by atoms with van der Waals surface area (Å²) in [6.45, 7) is 14.6. The first-order valence-corrected chi connectivity index (χ1v) is 12.1. The molecule has 0 amide bonds. The Hall–Kier alpha value is -1.73. The van der Waals surface area contributed by atoms with Crippen molar-refractivity contribution in [2.45, 2.75) is 57.6 Å². The van der Waals surface area contributed by atoms with Crippen LogP contribution >= 0.6 is 11.6 Å². The van der Waals surface area contributed by atoms with E-state index in [9.17, 15) is 5.11 Å². The van der Waals surface area contributed by atoms with Crippen molar-refractivity contribution in [3.8, 4) is 0 Å². The molecule has 174 valence electrons. The van der Waals surface area contributed by atoms with Crippen LogP contribution in [0.2, 0.25) is 5.02 Å². The van der Waals surface area contributed by atoms with Gasteiger partial charge >= 0.3 is 0 Å². The highest BCUT2D eigenvalue weighted by Crippen LogP contribution is 2.42. The lowest BCUT2D eigenvalue weighted by Gasteiger charge is -2.38. The second-order valence-electron chi connectivity index (χ2n) is 10.3. The van der Waals surface area contributed by atoms with Gasteiger partial charge in [-0.05, 0) is 50.8 Å². The maximum Gasteiger partial charge on any atom is 0.135 e. The number of hydrogen-bond donors (Lipinski definition) is 2. The normalized spacial score (nSPS) is 22.8. The van der Waals surface area contributed by atoms with Gasteiger partial charge in [0.25, 0.3) is 0 Å². The third-order valence-corrected chi connectivity index (χ3v) is 6.90. The Kier molecular flexibility index (Phi) is 7.06. The highest BCUT2D eigenvalue weighted by atomic mass is 35.5. The van der Waals surface area contributed by atoms with E-state index in [4.69, 9.17) is 11.6 Å². The molecular weight excluding hydrogens is 422 g/mol. The number of aromatic nitrogens is 2. The number of anilines is 1. The molecule has 2 N–H and O–H groups in total. The van der Waals surface area contributed by atoms with Crippen LogP contribution in [0.5, 0.6) is 0 Å². The third-order valence-electron chi connectivity index (χ3n) is 6.65. The van der Waals surface area contributed by atoms with Gasteiger partial charge in [0.1, 0.15) is 12.1 Å². The van der Waals surface area contributed by atoms with Crippen LogP contribution in [0.4, 0.5) is 5.82 Å². The molecule has 1 aliphatic carbocycles. The molecule has 4 rings (SSSR count). The Bertz CT molecular complexity index is 906. The Morgan fingerprint density at radius 3 is 2.47 bits per heavy atom. The number of rotatable bonds is 6. The Morgan fingerprint density at radius 1 is 1.12 bits per heavy atom. The number of benzene rings is 1. The van der Waals surface area contributed by atoms with E-state index in [2.05, 4.69) is 64.9 Å². The van der Waals surface area contributed by atoms with Crippen LogP contribution in [0.3, 0.4) is 0 Å². The van der Waals surface area contributed by atoms with Crippen LogP contribution in [-0.2, 0) is 0 Å². The Balaban J connectivity index is 1.42. The molecule has 0 saturated carbocycles. The second kappa shape index (κ2) is 9.64. The zero-order valence-electron chi connectivity index (χ0n) is 19.7. The molecular formula is C25H36ClN5O. The van der Waals surface area contributed by atoms with Crippen LogP contribution in [0, 0.1) is 0 Å². The Morgan fingerprint density at radius 2 is 1.81 bits per heavy atom. The minimum absolute atomic E-state index is 0.0814. The first-order chi connectivity index (χ1) is 15.2. The Labute approximate surface area is 197 Å². The number of halogens is 1. The van der Waals surface area contributed by atoms with Crippen molar-refractivity contribution in [1.82, 2.24) is 20.2 Å². The molecule has 0 spiro atoms. The highest BCUT2D eigenvalue weighted by Gasteiger charge is 2.33. The van der Waals surface area contributed by atoms with E-state index >= 15 is 0 Å². The number of fused-ring (bicyclic) bond motifs is 1. The lowest BCUT2D eigenvalue weighted by Crippen LogP contribution is -2.49. The smallest absolute Gasteiger partial charge is 0.135 e. The van der Waals surface area contributed by atoms with E-state index in [1.165, 1.54) is 5.56 Å². The fourth-order valence-electron chi connectivity index (χ4n) is 4.86. The summed E-state index contributed by atoms with van der Waals surface area (Å²) in [4.78, 5) is 13.9. The zero-order chi connectivity index (χ0) is 22.9. The number of nitrogens with one attached hydrogen (secondary N) is 1. The van der Waals surface area contributed by atoms with Crippen molar-refractivity contribution in [3.63, 3.8) is 0 Å². The fraction of sp³-hybridized carbons (Fsp3) is 0.600. The van der Waals surface area contributed by atoms with Crippen molar-refractivity contribution >= 4 is 17.4 Å². The van der Waals surface area contributed by atoms with Crippen LogP contribution in [-0.4, -0.2) is 64.8 Å². The van der Waals surface area contributed by atoms with Crippen molar-refractivity contribution in [2.24, 2.45) is 0 Å². The highest BCUT2D eigenvalue weighted by molar-refractivity contribution is 6.30. The van der Waals surface area contributed by atoms with Gasteiger partial charge in [0.05, 0.1) is 11.8 Å². The van der Waals surface area contributed by atoms with Gasteiger partial charge in [-0.25, -0.2) is 9.97 Å². The maximum atomic E-state index is 10.3. The van der Waals surface area contributed by atoms with Crippen LogP contribution in [0.1, 0.15) is 68.9 Å². The van der Waals surface area contributed by atoms with E-state index in [-0.39, 0.29) is 5.54 Å². The van der Waals surface area contributed by atoms with Crippen molar-refractivity contribution in [3.05, 3.63) is 52.4 Å². The summed E-state index contributed by atoms with van der Waals surface area (Å²) in [5.74, 6) is 1.71. The van der Waals surface area contributed by atoms with E-state index in [1.54, 1.807) is 6.33 Å². The molecule has 1 aliphatic heterocycles. The summed E-state index contributed by atoms with van der Waals surface area (Å²) in [6.07, 6.45) is 1.89. The first kappa shape index (κ1) is 23.4. The van der Waals surface area contributed by atoms with E-state index < -0.39 is 6.10 Å². The molecule has 6 nitrogen and oxygen atoms in total. The third kappa shape index (κ3) is 5.42. The SMILES string of the molecule is C[C@@H]1C[C@@H](O)c2ncnc(N3CCN(CC(CNC(C)(C)C)c4ccc(Cl)cc4)CC3)c21. The molecule has 32 heavy (non-hydrogen) atoms. The molecule has 1 unspecified atom stereocenters. The van der Waals surface area contributed by atoms with Gasteiger partial charge in [0.2, 0.25) is 0 Å². The molecule has 2 aliphatic rings. The lowest BCUT2D eigenvalue weighted by molar-refractivity contribution is 0.170. The largest absolute Gasteiger partial charge is 0.387 e. The second-order valence-corrected chi connectivity index (χ2v) is 10.8. The number of nitrogens with zero attached hydrogens (tertiary/aromatic N) is 4. The summed E-state index contributed by atoms with van der Waals surface area (Å²) in [5.41, 5.74) is 3.37. The molecule has 2 heterocycles. The van der Waals surface area contributed by atoms with Crippen molar-refractivity contribution in [1.29, 1.82) is 0 Å². The minimum atomic E-state index is -0.460. The van der Waals surface area contributed by atoms with Gasteiger partial charge in [-0.15, -0.1) is 0 Å². The molecule has 3 atom stereocenters. The topological polar surface area (TPSA) is 64.5 Å². The van der Waals surface area contributed by atoms with Gasteiger partial charge in [-0.2, -0.15) is 0 Å². The summed E-state index contributed by atoms with van der Waals surface area (Å²) in [6, 6.07) is 8.29. The summed E-state index contributed by atoms with van der Waals surface area (Å²) >= 11 is 6.13. The molecule has 1 saturated heterocycles. The summed E-state index contributed by atoms with van der Waals surface area (Å²) in [5, 5.41) is 14.8. The van der Waals surface area contributed by atoms with E-state index in [0.717, 1.165) is 67.8 Å². The van der Waals surface area contributed by atoms with Crippen molar-refractivity contribution < 1.29 is 5.11 Å². The molecule has 7 heteroatoms. The molecule has 2 aromatic rings. The van der Waals surface area contributed by atoms with Gasteiger partial charge in [-0.3, -0.25) is 4.90 Å². The maximum absolute atomic E-state index is 10.3. The number of aliphatic hydroxyl groups is 1. The monoisotopic (exact) mass is 457 g/mol. The molecule has 1 aromatic carbocycles. The first-order valence-electron chi connectivity index (χ1n) is 11.7. The molecule has 0 radical (unpaired) electrons.